The van der Waals surface area contributed by atoms with Crippen molar-refractivity contribution in [2.24, 2.45) is 5.92 Å². The van der Waals surface area contributed by atoms with Crippen molar-refractivity contribution in [3.63, 3.8) is 0 Å². The Morgan fingerprint density at radius 3 is 2.86 bits per heavy atom. The summed E-state index contributed by atoms with van der Waals surface area (Å²) in [6.45, 7) is 3.72. The Morgan fingerprint density at radius 1 is 1.32 bits per heavy atom. The molecule has 0 spiro atoms. The minimum atomic E-state index is -0.113. The number of amides is 2. The van der Waals surface area contributed by atoms with Crippen LogP contribution in [0.3, 0.4) is 0 Å². The van der Waals surface area contributed by atoms with Crippen molar-refractivity contribution in [2.75, 3.05) is 25.5 Å². The van der Waals surface area contributed by atoms with Gasteiger partial charge in [-0.2, -0.15) is 0 Å². The molecule has 0 unspecified atom stereocenters. The molecule has 1 saturated heterocycles. The van der Waals surface area contributed by atoms with Gasteiger partial charge in [0.2, 0.25) is 11.8 Å². The molecule has 2 aliphatic rings. The number of likely N-dealkylation sites (tertiary alicyclic amines) is 1. The van der Waals surface area contributed by atoms with Gasteiger partial charge in [-0.25, -0.2) is 0 Å². The van der Waals surface area contributed by atoms with Crippen molar-refractivity contribution in [1.82, 2.24) is 9.80 Å². The molecule has 2 amide bonds. The van der Waals surface area contributed by atoms with E-state index in [4.69, 9.17) is 0 Å². The fourth-order valence-corrected chi connectivity index (χ4v) is 3.69. The summed E-state index contributed by atoms with van der Waals surface area (Å²) < 4.78 is 0. The number of para-hydroxylation sites is 1. The van der Waals surface area contributed by atoms with Gasteiger partial charge in [-0.15, -0.1) is 0 Å². The van der Waals surface area contributed by atoms with Crippen LogP contribution in [0.15, 0.2) is 24.3 Å². The smallest absolute Gasteiger partial charge is 0.244 e. The fraction of sp³-hybridized carbons (Fsp3) is 0.529. The maximum atomic E-state index is 12.9. The van der Waals surface area contributed by atoms with Crippen molar-refractivity contribution in [3.8, 4) is 0 Å². The first-order chi connectivity index (χ1) is 10.6. The quantitative estimate of drug-likeness (QED) is 0.904. The molecule has 118 valence electrons. The van der Waals surface area contributed by atoms with E-state index in [1.165, 1.54) is 0 Å². The third-order valence-corrected chi connectivity index (χ3v) is 4.86. The predicted octanol–water partition coefficient (Wildman–Crippen LogP) is 1.70. The van der Waals surface area contributed by atoms with Gasteiger partial charge >= 0.3 is 0 Å². The lowest BCUT2D eigenvalue weighted by Crippen LogP contribution is -2.43. The van der Waals surface area contributed by atoms with E-state index in [2.05, 4.69) is 24.2 Å². The average molecular weight is 301 g/mol. The first kappa shape index (κ1) is 15.0. The molecule has 5 nitrogen and oxygen atoms in total. The Bertz CT molecular complexity index is 587. The highest BCUT2D eigenvalue weighted by atomic mass is 16.2. The topological polar surface area (TPSA) is 52.7 Å². The molecule has 1 N–H and O–H groups in total. The molecular weight excluding hydrogens is 278 g/mol. The molecule has 2 heterocycles. The third-order valence-electron chi connectivity index (χ3n) is 4.86. The number of hydrogen-bond acceptors (Lipinski definition) is 3. The molecule has 0 bridgehead atoms. The van der Waals surface area contributed by atoms with Gasteiger partial charge in [0.25, 0.3) is 0 Å². The molecular formula is C17H23N3O2. The lowest BCUT2D eigenvalue weighted by molar-refractivity contribution is -0.139. The monoisotopic (exact) mass is 301 g/mol. The molecule has 5 heteroatoms. The van der Waals surface area contributed by atoms with E-state index < -0.39 is 0 Å². The van der Waals surface area contributed by atoms with Gasteiger partial charge in [0.1, 0.15) is 6.54 Å². The average Bonchev–Trinajstić information content (AvgIpc) is 2.78. The lowest BCUT2D eigenvalue weighted by Gasteiger charge is -2.28. The largest absolute Gasteiger partial charge is 0.329 e. The van der Waals surface area contributed by atoms with E-state index in [1.807, 2.05) is 24.3 Å². The molecule has 0 saturated carbocycles. The van der Waals surface area contributed by atoms with E-state index >= 15 is 0 Å². The number of anilines is 1. The van der Waals surface area contributed by atoms with Gasteiger partial charge in [0, 0.05) is 18.3 Å². The van der Waals surface area contributed by atoms with Crippen LogP contribution < -0.4 is 5.32 Å². The highest BCUT2D eigenvalue weighted by molar-refractivity contribution is 5.96. The molecule has 0 aromatic heterocycles. The number of rotatable bonds is 2. The van der Waals surface area contributed by atoms with Crippen LogP contribution in [-0.2, 0) is 16.1 Å². The molecule has 1 aromatic carbocycles. The molecule has 1 fully saturated rings. The van der Waals surface area contributed by atoms with Crippen LogP contribution in [-0.4, -0.2) is 47.8 Å². The first-order valence-corrected chi connectivity index (χ1v) is 7.97. The maximum Gasteiger partial charge on any atom is 0.244 e. The summed E-state index contributed by atoms with van der Waals surface area (Å²) in [5.41, 5.74) is 1.82. The van der Waals surface area contributed by atoms with Crippen molar-refractivity contribution >= 4 is 17.5 Å². The molecule has 22 heavy (non-hydrogen) atoms. The summed E-state index contributed by atoms with van der Waals surface area (Å²) in [5.74, 6) is 0.00816. The van der Waals surface area contributed by atoms with Gasteiger partial charge in [-0.1, -0.05) is 25.1 Å². The molecule has 1 aromatic rings. The second-order valence-electron chi connectivity index (χ2n) is 6.25. The van der Waals surface area contributed by atoms with Crippen molar-refractivity contribution in [1.29, 1.82) is 0 Å². The molecule has 0 aliphatic carbocycles. The first-order valence-electron chi connectivity index (χ1n) is 7.97. The lowest BCUT2D eigenvalue weighted by atomic mass is 9.96. The van der Waals surface area contributed by atoms with Crippen LogP contribution in [0.4, 0.5) is 5.69 Å². The number of benzene rings is 1. The Kier molecular flexibility index (Phi) is 4.16. The van der Waals surface area contributed by atoms with Crippen LogP contribution in [0.2, 0.25) is 0 Å². The van der Waals surface area contributed by atoms with E-state index in [1.54, 1.807) is 4.90 Å². The zero-order chi connectivity index (χ0) is 15.7. The van der Waals surface area contributed by atoms with Crippen LogP contribution in [0.25, 0.3) is 0 Å². The summed E-state index contributed by atoms with van der Waals surface area (Å²) in [7, 11) is 2.08. The van der Waals surface area contributed by atoms with Crippen molar-refractivity contribution in [3.05, 3.63) is 29.8 Å². The Hall–Kier alpha value is -1.88. The van der Waals surface area contributed by atoms with Gasteiger partial charge in [0.15, 0.2) is 0 Å². The number of fused-ring (bicyclic) bond motifs is 1. The fourth-order valence-electron chi connectivity index (χ4n) is 3.69. The van der Waals surface area contributed by atoms with Crippen LogP contribution in [0.1, 0.15) is 25.3 Å². The summed E-state index contributed by atoms with van der Waals surface area (Å²) >= 11 is 0. The summed E-state index contributed by atoms with van der Waals surface area (Å²) in [6, 6.07) is 7.99. The zero-order valence-electron chi connectivity index (χ0n) is 13.2. The standard InChI is InChI=1S/C17H23N3O2/c1-3-15-13(8-9-19(15)2)17(22)20-10-12-6-4-5-7-14(12)18-16(21)11-20/h4-7,13,15H,3,8-11H2,1-2H3,(H,18,21)/t13-,15+/m0/s1. The third kappa shape index (κ3) is 2.73. The highest BCUT2D eigenvalue weighted by Crippen LogP contribution is 2.29. The van der Waals surface area contributed by atoms with E-state index in [0.717, 1.165) is 30.6 Å². The van der Waals surface area contributed by atoms with Gasteiger partial charge in [-0.3, -0.25) is 9.59 Å². The molecule has 0 radical (unpaired) electrons. The predicted molar refractivity (Wildman–Crippen MR) is 85.3 cm³/mol. The van der Waals surface area contributed by atoms with Crippen molar-refractivity contribution < 1.29 is 9.59 Å². The number of carbonyl (C=O) groups is 2. The second kappa shape index (κ2) is 6.08. The number of hydrogen-bond donors (Lipinski definition) is 1. The van der Waals surface area contributed by atoms with E-state index in [0.29, 0.717) is 6.54 Å². The minimum absolute atomic E-state index is 0.00747. The highest BCUT2D eigenvalue weighted by Gasteiger charge is 2.38. The second-order valence-corrected chi connectivity index (χ2v) is 6.25. The Balaban J connectivity index is 1.82. The summed E-state index contributed by atoms with van der Waals surface area (Å²) in [4.78, 5) is 29.0. The Morgan fingerprint density at radius 2 is 2.09 bits per heavy atom. The minimum Gasteiger partial charge on any atom is -0.329 e. The van der Waals surface area contributed by atoms with Gasteiger partial charge in [0.05, 0.1) is 5.92 Å². The van der Waals surface area contributed by atoms with E-state index in [-0.39, 0.29) is 30.3 Å². The number of nitrogens with zero attached hydrogens (tertiary/aromatic N) is 2. The molecule has 3 rings (SSSR count). The SMILES string of the molecule is CC[C@@H]1[C@@H](C(=O)N2CC(=O)Nc3ccccc3C2)CCN1C. The van der Waals surface area contributed by atoms with Gasteiger partial charge < -0.3 is 15.1 Å². The number of nitrogens with one attached hydrogen (secondary N) is 1. The van der Waals surface area contributed by atoms with Crippen LogP contribution >= 0.6 is 0 Å². The molecule has 2 aliphatic heterocycles. The van der Waals surface area contributed by atoms with Gasteiger partial charge in [-0.05, 0) is 38.1 Å². The maximum absolute atomic E-state index is 12.9. The Labute approximate surface area is 131 Å². The van der Waals surface area contributed by atoms with Crippen molar-refractivity contribution in [2.45, 2.75) is 32.4 Å². The van der Waals surface area contributed by atoms with Crippen LogP contribution in [0.5, 0.6) is 0 Å². The molecule has 2 atom stereocenters. The van der Waals surface area contributed by atoms with E-state index in [9.17, 15) is 9.59 Å². The normalized spacial score (nSPS) is 25.5. The zero-order valence-corrected chi connectivity index (χ0v) is 13.2. The summed E-state index contributed by atoms with van der Waals surface area (Å²) in [6.07, 6.45) is 1.84. The van der Waals surface area contributed by atoms with Crippen LogP contribution in [0, 0.1) is 5.92 Å². The summed E-state index contributed by atoms with van der Waals surface area (Å²) in [5, 5.41) is 2.89. The number of carbonyl (C=O) groups excluding carboxylic acids is 2.